The molecular weight excluding hydrogens is 1350 g/mol. The maximum Gasteiger partial charge on any atom is 0.407 e. The standard InChI is InChI=1S/C80H93N5O20/c1-42(2)36-57(83-70(91)46(7)82-76(97)99-40-56-54-34-24-22-32-52(54)53-33-23-25-35-55(53)56)72(93)81-45(6)69(90)84-58(37-43(3)4)74(95)103-65(63(49-26-16-13-17-27-49)85-71(92)50-28-18-14-19-29-50)75(96)102-59-39-80(98)68(104-73(94)51-30-20-15-21-31-51)66-78(12,60(88)38-61-79(66,41-100-61)105-48(9)87)67(89)64(101-47(8)86)62(44(59)5)77(80,10)11/h13-35,42-43,45-46,56-61,63-66,68,88,98H,36-41H2,1-12H3,(H,81,93)(H,82,97)(H,83,91)(H,84,90)(H,85,92)/t45?,46?,57?,58?,59-,60-,61+,63-,64+,65+,66-,68-,78+,79-,80+/m0/s1. The summed E-state index contributed by atoms with van der Waals surface area (Å²) in [6.07, 6.45) is -12.7. The van der Waals surface area contributed by atoms with Crippen LogP contribution in [-0.2, 0) is 71.5 Å². The van der Waals surface area contributed by atoms with Crippen molar-refractivity contribution in [1.29, 1.82) is 0 Å². The summed E-state index contributed by atoms with van der Waals surface area (Å²) in [4.78, 5) is 159. The van der Waals surface area contributed by atoms with Crippen molar-refractivity contribution in [2.75, 3.05) is 13.2 Å². The molecule has 3 fully saturated rings. The first-order valence-corrected chi connectivity index (χ1v) is 35.5. The molecule has 25 heteroatoms. The normalized spacial score (nSPS) is 25.1. The van der Waals surface area contributed by atoms with E-state index in [1.807, 2.05) is 62.4 Å². The van der Waals surface area contributed by atoms with Gasteiger partial charge in [0.1, 0.15) is 60.7 Å². The van der Waals surface area contributed by atoms with Gasteiger partial charge in [0.15, 0.2) is 17.5 Å². The van der Waals surface area contributed by atoms with E-state index >= 15 is 14.4 Å². The smallest absolute Gasteiger partial charge is 0.407 e. The van der Waals surface area contributed by atoms with Gasteiger partial charge in [0.05, 0.1) is 29.6 Å². The number of alkyl carbamates (subject to hydrolysis) is 1. The first-order valence-electron chi connectivity index (χ1n) is 35.5. The van der Waals surface area contributed by atoms with Gasteiger partial charge in [0, 0.05) is 43.6 Å². The predicted molar refractivity (Wildman–Crippen MR) is 380 cm³/mol. The molecule has 15 atom stereocenters. The molecule has 0 spiro atoms. The van der Waals surface area contributed by atoms with E-state index in [-0.39, 0.29) is 71.5 Å². The van der Waals surface area contributed by atoms with E-state index in [0.717, 1.165) is 36.1 Å². The summed E-state index contributed by atoms with van der Waals surface area (Å²) in [5, 5.41) is 40.1. The number of esters is 5. The molecule has 1 heterocycles. The number of rotatable bonds is 25. The summed E-state index contributed by atoms with van der Waals surface area (Å²) in [5.41, 5.74) is -4.28. The van der Waals surface area contributed by atoms with E-state index in [9.17, 15) is 48.6 Å². The molecule has 4 unspecified atom stereocenters. The van der Waals surface area contributed by atoms with Gasteiger partial charge in [-0.3, -0.25) is 33.6 Å². The van der Waals surface area contributed by atoms with Crippen molar-refractivity contribution in [2.24, 2.45) is 28.6 Å². The number of nitrogens with one attached hydrogen (secondary N) is 5. The molecule has 1 aliphatic heterocycles. The van der Waals surface area contributed by atoms with Crippen LogP contribution in [-0.4, -0.2) is 161 Å². The Labute approximate surface area is 609 Å². The molecule has 105 heavy (non-hydrogen) atoms. The largest absolute Gasteiger partial charge is 0.455 e. The van der Waals surface area contributed by atoms with Crippen LogP contribution < -0.4 is 26.6 Å². The van der Waals surface area contributed by atoms with Crippen molar-refractivity contribution in [3.63, 3.8) is 0 Å². The summed E-state index contributed by atoms with van der Waals surface area (Å²) in [6, 6.07) is 32.1. The summed E-state index contributed by atoms with van der Waals surface area (Å²) in [7, 11) is 0. The number of hydrogen-bond donors (Lipinski definition) is 7. The van der Waals surface area contributed by atoms with Crippen LogP contribution in [0, 0.1) is 28.6 Å². The highest BCUT2D eigenvalue weighted by molar-refractivity contribution is 5.98. The molecule has 0 radical (unpaired) electrons. The van der Waals surface area contributed by atoms with Crippen molar-refractivity contribution in [3.8, 4) is 11.1 Å². The quantitative estimate of drug-likeness (QED) is 0.0166. The third-order valence-electron chi connectivity index (χ3n) is 21.2. The van der Waals surface area contributed by atoms with Gasteiger partial charge in [-0.05, 0) is 116 Å². The van der Waals surface area contributed by atoms with Crippen LogP contribution in [0.2, 0.25) is 0 Å². The molecule has 5 amide bonds. The zero-order chi connectivity index (χ0) is 76.2. The highest BCUT2D eigenvalue weighted by Crippen LogP contribution is 2.65. The Morgan fingerprint density at radius 3 is 1.70 bits per heavy atom. The molecule has 5 aliphatic rings. The van der Waals surface area contributed by atoms with Crippen LogP contribution in [0.25, 0.3) is 11.1 Å². The molecule has 2 bridgehead atoms. The molecular formula is C80H93N5O20. The minimum Gasteiger partial charge on any atom is -0.455 e. The molecule has 10 rings (SSSR count). The molecule has 2 saturated carbocycles. The zero-order valence-electron chi connectivity index (χ0n) is 60.9. The van der Waals surface area contributed by atoms with Gasteiger partial charge in [-0.25, -0.2) is 19.2 Å². The summed E-state index contributed by atoms with van der Waals surface area (Å²) < 4.78 is 43.3. The lowest BCUT2D eigenvalue weighted by atomic mass is 9.44. The summed E-state index contributed by atoms with van der Waals surface area (Å²) in [5.74, 6) is -12.1. The van der Waals surface area contributed by atoms with Gasteiger partial charge in [-0.1, -0.05) is 157 Å². The molecule has 5 aromatic rings. The van der Waals surface area contributed by atoms with E-state index in [1.54, 1.807) is 80.6 Å². The second-order valence-corrected chi connectivity index (χ2v) is 29.6. The fourth-order valence-corrected chi connectivity index (χ4v) is 15.7. The number of aliphatic hydroxyl groups excluding tert-OH is 1. The van der Waals surface area contributed by atoms with Gasteiger partial charge < -0.3 is 70.0 Å². The number of aliphatic hydroxyl groups is 2. The highest BCUT2D eigenvalue weighted by atomic mass is 16.6. The fourth-order valence-electron chi connectivity index (χ4n) is 15.7. The molecule has 25 nitrogen and oxygen atoms in total. The van der Waals surface area contributed by atoms with Crippen molar-refractivity contribution in [3.05, 3.63) is 178 Å². The van der Waals surface area contributed by atoms with Crippen LogP contribution in [0.15, 0.2) is 151 Å². The monoisotopic (exact) mass is 1440 g/mol. The molecule has 1 saturated heterocycles. The van der Waals surface area contributed by atoms with Gasteiger partial charge in [0.2, 0.25) is 23.8 Å². The number of fused-ring (bicyclic) bond motifs is 8. The predicted octanol–water partition coefficient (Wildman–Crippen LogP) is 7.78. The average Bonchev–Trinajstić information content (AvgIpc) is 1.18. The van der Waals surface area contributed by atoms with Crippen LogP contribution >= 0.6 is 0 Å². The molecule has 7 N–H and O–H groups in total. The maximum absolute atomic E-state index is 16.1. The Balaban J connectivity index is 0.950. The zero-order valence-corrected chi connectivity index (χ0v) is 60.9. The summed E-state index contributed by atoms with van der Waals surface area (Å²) >= 11 is 0. The topological polar surface area (TPSA) is 353 Å². The fraction of sp³-hybridized carbons (Fsp3) is 0.463. The lowest BCUT2D eigenvalue weighted by Crippen LogP contribution is -2.82. The first kappa shape index (κ1) is 77.5. The average molecular weight is 1440 g/mol. The van der Waals surface area contributed by atoms with Gasteiger partial charge >= 0.3 is 35.9 Å². The number of Topliss-reactive ketones (excluding diaryl/α,β-unsaturated/α-hetero) is 1. The Bertz CT molecular complexity index is 4120. The second-order valence-electron chi connectivity index (χ2n) is 29.6. The Morgan fingerprint density at radius 1 is 0.610 bits per heavy atom. The number of benzene rings is 5. The number of carbonyl (C=O) groups is 11. The van der Waals surface area contributed by atoms with Crippen LogP contribution in [0.3, 0.4) is 0 Å². The van der Waals surface area contributed by atoms with Crippen LogP contribution in [0.5, 0.6) is 0 Å². The lowest BCUT2D eigenvalue weighted by Gasteiger charge is -2.67. The highest BCUT2D eigenvalue weighted by Gasteiger charge is 2.78. The number of hydrogen-bond acceptors (Lipinski definition) is 20. The number of amides is 5. The molecule has 4 aliphatic carbocycles. The van der Waals surface area contributed by atoms with Crippen LogP contribution in [0.1, 0.15) is 158 Å². The van der Waals surface area contributed by atoms with E-state index in [0.29, 0.717) is 0 Å². The number of ketones is 1. The maximum atomic E-state index is 16.1. The minimum absolute atomic E-state index is 0.0105. The van der Waals surface area contributed by atoms with E-state index in [2.05, 4.69) is 26.6 Å². The van der Waals surface area contributed by atoms with Crippen molar-refractivity contribution < 1.29 is 96.1 Å². The van der Waals surface area contributed by atoms with Gasteiger partial charge in [-0.2, -0.15) is 0 Å². The van der Waals surface area contributed by atoms with Gasteiger partial charge in [-0.15, -0.1) is 0 Å². The first-order chi connectivity index (χ1) is 49.7. The minimum atomic E-state index is -2.60. The third-order valence-corrected chi connectivity index (χ3v) is 21.2. The Kier molecular flexibility index (Phi) is 23.4. The number of carbonyl (C=O) groups excluding carboxylic acids is 11. The SMILES string of the molecule is CC(=O)O[C@H]1C(=O)[C@@]2(C)[C@H]([C@H](OC(=O)c3ccccc3)[C@]3(O)C[C@H](OC(=O)[C@H](OC(=O)C(CC(C)C)NC(=O)C(C)NC(=O)C(CC(C)C)NC(=O)C(C)NC(=O)OCC4c5ccccc5-c5ccccc54)[C@@H](NC(=O)c4ccccc4)c4ccccc4)C(C)=C1C3(C)C)[C@]1(OC(C)=O)CO[C@@H]1C[C@@H]2O. The van der Waals surface area contributed by atoms with E-state index < -0.39 is 173 Å². The molecule has 558 valence electrons. The van der Waals surface area contributed by atoms with E-state index in [4.69, 9.17) is 33.2 Å². The van der Waals surface area contributed by atoms with Gasteiger partial charge in [0.25, 0.3) is 5.91 Å². The molecule has 0 aromatic heterocycles. The second kappa shape index (κ2) is 31.7. The van der Waals surface area contributed by atoms with Crippen molar-refractivity contribution >= 4 is 65.4 Å². The molecule has 5 aromatic carbocycles. The van der Waals surface area contributed by atoms with Crippen molar-refractivity contribution in [2.45, 2.75) is 193 Å². The van der Waals surface area contributed by atoms with Crippen LogP contribution in [0.4, 0.5) is 4.79 Å². The summed E-state index contributed by atoms with van der Waals surface area (Å²) in [6.45, 7) is 17.5. The van der Waals surface area contributed by atoms with E-state index in [1.165, 1.54) is 65.8 Å². The third kappa shape index (κ3) is 15.8. The van der Waals surface area contributed by atoms with Crippen molar-refractivity contribution in [1.82, 2.24) is 26.6 Å². The lowest BCUT2D eigenvalue weighted by molar-refractivity contribution is -0.346. The Morgan fingerprint density at radius 2 is 1.14 bits per heavy atom. The Hall–Kier alpha value is -10.1. The number of ether oxygens (including phenoxy) is 7.